The third kappa shape index (κ3) is 4.37. The van der Waals surface area contributed by atoms with E-state index in [1.54, 1.807) is 24.3 Å². The topological polar surface area (TPSA) is 49.3 Å². The summed E-state index contributed by atoms with van der Waals surface area (Å²) in [5.74, 6) is -0.184. The van der Waals surface area contributed by atoms with Crippen molar-refractivity contribution in [3.63, 3.8) is 0 Å². The molecule has 104 valence electrons. The number of halogens is 1. The van der Waals surface area contributed by atoms with Crippen LogP contribution in [0.1, 0.15) is 23.7 Å². The molecule has 20 heavy (non-hydrogen) atoms. The predicted octanol–water partition coefficient (Wildman–Crippen LogP) is 3.08. The molecule has 1 amide bonds. The van der Waals surface area contributed by atoms with Crippen molar-refractivity contribution in [2.45, 2.75) is 19.1 Å². The van der Waals surface area contributed by atoms with E-state index in [1.165, 1.54) is 0 Å². The Labute approximate surface area is 123 Å². The number of hydrogen-bond acceptors (Lipinski definition) is 2. The Kier molecular flexibility index (Phi) is 5.16. The van der Waals surface area contributed by atoms with Gasteiger partial charge in [-0.15, -0.1) is 0 Å². The van der Waals surface area contributed by atoms with Crippen LogP contribution in [0, 0.1) is 0 Å². The molecule has 0 aliphatic rings. The number of carbonyl (C=O) groups is 1. The van der Waals surface area contributed by atoms with Crippen LogP contribution >= 0.6 is 11.6 Å². The summed E-state index contributed by atoms with van der Waals surface area (Å²) in [5.41, 5.74) is 1.71. The third-order valence-corrected chi connectivity index (χ3v) is 3.22. The quantitative estimate of drug-likeness (QED) is 0.889. The van der Waals surface area contributed by atoms with Gasteiger partial charge in [0.1, 0.15) is 0 Å². The molecule has 0 saturated heterocycles. The average molecular weight is 290 g/mol. The van der Waals surface area contributed by atoms with Crippen LogP contribution < -0.4 is 5.32 Å². The minimum atomic E-state index is -0.776. The third-order valence-electron chi connectivity index (χ3n) is 2.97. The van der Waals surface area contributed by atoms with E-state index in [-0.39, 0.29) is 12.3 Å². The van der Waals surface area contributed by atoms with E-state index < -0.39 is 6.10 Å². The summed E-state index contributed by atoms with van der Waals surface area (Å²) in [6.45, 7) is 0.428. The first-order chi connectivity index (χ1) is 9.65. The number of rotatable bonds is 5. The van der Waals surface area contributed by atoms with Crippen LogP contribution in [0.5, 0.6) is 0 Å². The maximum absolute atomic E-state index is 11.8. The van der Waals surface area contributed by atoms with Crippen LogP contribution in [0.15, 0.2) is 54.6 Å². The van der Waals surface area contributed by atoms with Crippen LogP contribution in [-0.4, -0.2) is 11.0 Å². The lowest BCUT2D eigenvalue weighted by Gasteiger charge is -2.11. The van der Waals surface area contributed by atoms with Crippen LogP contribution in [-0.2, 0) is 11.3 Å². The number of nitrogens with one attached hydrogen (secondary N) is 1. The number of benzene rings is 2. The van der Waals surface area contributed by atoms with Gasteiger partial charge in [-0.25, -0.2) is 0 Å². The summed E-state index contributed by atoms with van der Waals surface area (Å²) in [7, 11) is 0. The van der Waals surface area contributed by atoms with E-state index in [0.29, 0.717) is 11.6 Å². The number of aliphatic hydroxyl groups is 1. The van der Waals surface area contributed by atoms with Gasteiger partial charge in [0.05, 0.1) is 12.5 Å². The van der Waals surface area contributed by atoms with Crippen molar-refractivity contribution in [1.82, 2.24) is 5.32 Å². The molecule has 2 rings (SSSR count). The predicted molar refractivity (Wildman–Crippen MR) is 79.3 cm³/mol. The fourth-order valence-corrected chi connectivity index (χ4v) is 1.97. The fraction of sp³-hybridized carbons (Fsp3) is 0.188. The SMILES string of the molecule is O=C(CC(O)c1ccccc1)NCc1ccc(Cl)cc1. The average Bonchev–Trinajstić information content (AvgIpc) is 2.47. The molecule has 0 fully saturated rings. The Bertz CT molecular complexity index is 554. The van der Waals surface area contributed by atoms with Crippen molar-refractivity contribution < 1.29 is 9.90 Å². The summed E-state index contributed by atoms with van der Waals surface area (Å²) in [6, 6.07) is 16.4. The second kappa shape index (κ2) is 7.08. The van der Waals surface area contributed by atoms with E-state index in [4.69, 9.17) is 11.6 Å². The molecule has 0 spiro atoms. The standard InChI is InChI=1S/C16H16ClNO2/c17-14-8-6-12(7-9-14)11-18-16(20)10-15(19)13-4-2-1-3-5-13/h1-9,15,19H,10-11H2,(H,18,20). The molecule has 2 aromatic carbocycles. The van der Waals surface area contributed by atoms with Crippen molar-refractivity contribution in [3.8, 4) is 0 Å². The molecule has 0 aromatic heterocycles. The zero-order chi connectivity index (χ0) is 14.4. The van der Waals surface area contributed by atoms with Crippen LogP contribution in [0.25, 0.3) is 0 Å². The van der Waals surface area contributed by atoms with Crippen molar-refractivity contribution in [2.75, 3.05) is 0 Å². The van der Waals surface area contributed by atoms with Gasteiger partial charge in [0.15, 0.2) is 0 Å². The first-order valence-corrected chi connectivity index (χ1v) is 6.77. The van der Waals surface area contributed by atoms with E-state index in [0.717, 1.165) is 11.1 Å². The summed E-state index contributed by atoms with van der Waals surface area (Å²) in [6.07, 6.45) is -0.723. The largest absolute Gasteiger partial charge is 0.388 e. The van der Waals surface area contributed by atoms with Crippen molar-refractivity contribution >= 4 is 17.5 Å². The lowest BCUT2D eigenvalue weighted by atomic mass is 10.1. The van der Waals surface area contributed by atoms with Gasteiger partial charge in [0.2, 0.25) is 5.91 Å². The van der Waals surface area contributed by atoms with Gasteiger partial charge in [-0.3, -0.25) is 4.79 Å². The zero-order valence-corrected chi connectivity index (χ0v) is 11.7. The summed E-state index contributed by atoms with van der Waals surface area (Å²) in [4.78, 5) is 11.8. The van der Waals surface area contributed by atoms with Crippen molar-refractivity contribution in [1.29, 1.82) is 0 Å². The fourth-order valence-electron chi connectivity index (χ4n) is 1.84. The molecule has 0 aliphatic heterocycles. The van der Waals surface area contributed by atoms with Crippen LogP contribution in [0.4, 0.5) is 0 Å². The van der Waals surface area contributed by atoms with Crippen molar-refractivity contribution in [2.24, 2.45) is 0 Å². The monoisotopic (exact) mass is 289 g/mol. The molecule has 2 aromatic rings. The first-order valence-electron chi connectivity index (χ1n) is 6.39. The summed E-state index contributed by atoms with van der Waals surface area (Å²) >= 11 is 5.79. The molecule has 0 saturated carbocycles. The molecule has 0 bridgehead atoms. The van der Waals surface area contributed by atoms with Gasteiger partial charge in [-0.05, 0) is 23.3 Å². The molecular weight excluding hydrogens is 274 g/mol. The van der Waals surface area contributed by atoms with Crippen LogP contribution in [0.3, 0.4) is 0 Å². The maximum atomic E-state index is 11.8. The van der Waals surface area contributed by atoms with E-state index in [2.05, 4.69) is 5.32 Å². The van der Waals surface area contributed by atoms with Gasteiger partial charge in [-0.2, -0.15) is 0 Å². The molecule has 2 N–H and O–H groups in total. The molecule has 1 atom stereocenters. The van der Waals surface area contributed by atoms with E-state index in [9.17, 15) is 9.90 Å². The minimum Gasteiger partial charge on any atom is -0.388 e. The lowest BCUT2D eigenvalue weighted by molar-refractivity contribution is -0.123. The van der Waals surface area contributed by atoms with Gasteiger partial charge in [0.25, 0.3) is 0 Å². The molecule has 1 unspecified atom stereocenters. The molecule has 0 heterocycles. The Morgan fingerprint density at radius 1 is 1.10 bits per heavy atom. The Morgan fingerprint density at radius 2 is 1.75 bits per heavy atom. The van der Waals surface area contributed by atoms with Crippen LogP contribution in [0.2, 0.25) is 5.02 Å². The smallest absolute Gasteiger partial charge is 0.223 e. The first kappa shape index (κ1) is 14.6. The molecule has 4 heteroatoms. The molecule has 3 nitrogen and oxygen atoms in total. The number of aliphatic hydroxyl groups excluding tert-OH is 1. The second-order valence-electron chi connectivity index (χ2n) is 4.53. The number of amides is 1. The zero-order valence-electron chi connectivity index (χ0n) is 10.9. The number of hydrogen-bond donors (Lipinski definition) is 2. The lowest BCUT2D eigenvalue weighted by Crippen LogP contribution is -2.24. The van der Waals surface area contributed by atoms with E-state index in [1.807, 2.05) is 30.3 Å². The normalized spacial score (nSPS) is 11.9. The Morgan fingerprint density at radius 3 is 2.40 bits per heavy atom. The van der Waals surface area contributed by atoms with Crippen molar-refractivity contribution in [3.05, 3.63) is 70.7 Å². The number of carbonyl (C=O) groups excluding carboxylic acids is 1. The highest BCUT2D eigenvalue weighted by molar-refractivity contribution is 6.30. The van der Waals surface area contributed by atoms with Gasteiger partial charge in [0, 0.05) is 11.6 Å². The van der Waals surface area contributed by atoms with Gasteiger partial charge < -0.3 is 10.4 Å². The van der Waals surface area contributed by atoms with Gasteiger partial charge in [-0.1, -0.05) is 54.1 Å². The molecular formula is C16H16ClNO2. The summed E-state index contributed by atoms with van der Waals surface area (Å²) < 4.78 is 0. The maximum Gasteiger partial charge on any atom is 0.223 e. The highest BCUT2D eigenvalue weighted by Gasteiger charge is 2.12. The van der Waals surface area contributed by atoms with Gasteiger partial charge >= 0.3 is 0 Å². The highest BCUT2D eigenvalue weighted by Crippen LogP contribution is 2.15. The molecule has 0 aliphatic carbocycles. The Hall–Kier alpha value is -1.84. The minimum absolute atomic E-state index is 0.0532. The second-order valence-corrected chi connectivity index (χ2v) is 4.97. The Balaban J connectivity index is 1.82. The van der Waals surface area contributed by atoms with E-state index >= 15 is 0 Å². The highest BCUT2D eigenvalue weighted by atomic mass is 35.5. The molecule has 0 radical (unpaired) electrons. The summed E-state index contributed by atoms with van der Waals surface area (Å²) in [5, 5.41) is 13.4.